The fourth-order valence-corrected chi connectivity index (χ4v) is 1.71. The molecule has 1 aliphatic heterocycles. The Balaban J connectivity index is 2.17. The highest BCUT2D eigenvalue weighted by atomic mass is 16.5. The smallest absolute Gasteiger partial charge is 0.376 e. The Morgan fingerprint density at radius 2 is 2.44 bits per heavy atom. The molecule has 5 nitrogen and oxygen atoms in total. The Morgan fingerprint density at radius 3 is 3.06 bits per heavy atom. The van der Waals surface area contributed by atoms with Crippen LogP contribution in [0, 0.1) is 6.92 Å². The average molecular weight is 225 g/mol. The molecule has 0 aliphatic carbocycles. The van der Waals surface area contributed by atoms with Gasteiger partial charge in [0, 0.05) is 6.61 Å². The summed E-state index contributed by atoms with van der Waals surface area (Å²) in [7, 11) is 0. The first-order chi connectivity index (χ1) is 7.72. The van der Waals surface area contributed by atoms with E-state index in [1.165, 1.54) is 0 Å². The minimum Gasteiger partial charge on any atom is -0.460 e. The van der Waals surface area contributed by atoms with Crippen LogP contribution in [0.2, 0.25) is 0 Å². The maximum atomic E-state index is 11.5. The Bertz CT molecular complexity index is 379. The highest BCUT2D eigenvalue weighted by Crippen LogP contribution is 2.29. The number of esters is 1. The summed E-state index contributed by atoms with van der Waals surface area (Å²) >= 11 is 0. The van der Waals surface area contributed by atoms with E-state index in [4.69, 9.17) is 13.9 Å². The highest BCUT2D eigenvalue weighted by Gasteiger charge is 2.26. The summed E-state index contributed by atoms with van der Waals surface area (Å²) in [4.78, 5) is 15.7. The third-order valence-corrected chi connectivity index (χ3v) is 2.48. The molecule has 0 aromatic carbocycles. The number of aromatic nitrogens is 1. The quantitative estimate of drug-likeness (QED) is 0.736. The zero-order valence-electron chi connectivity index (χ0n) is 9.49. The van der Waals surface area contributed by atoms with Gasteiger partial charge >= 0.3 is 5.97 Å². The first kappa shape index (κ1) is 11.1. The summed E-state index contributed by atoms with van der Waals surface area (Å²) in [6.45, 7) is 4.54. The normalized spacial score (nSPS) is 20.0. The van der Waals surface area contributed by atoms with Gasteiger partial charge in [-0.3, -0.25) is 0 Å². The molecule has 1 saturated heterocycles. The summed E-state index contributed by atoms with van der Waals surface area (Å²) in [5, 5.41) is 0. The van der Waals surface area contributed by atoms with Crippen molar-refractivity contribution in [1.82, 2.24) is 4.98 Å². The molecule has 88 valence electrons. The van der Waals surface area contributed by atoms with Crippen LogP contribution in [0.5, 0.6) is 0 Å². The largest absolute Gasteiger partial charge is 0.460 e. The molecule has 5 heteroatoms. The molecule has 0 spiro atoms. The molecular weight excluding hydrogens is 210 g/mol. The van der Waals surface area contributed by atoms with E-state index in [1.807, 2.05) is 0 Å². The topological polar surface area (TPSA) is 61.6 Å². The van der Waals surface area contributed by atoms with Gasteiger partial charge in [0.25, 0.3) is 0 Å². The second kappa shape index (κ2) is 4.65. The molecule has 2 rings (SSSR count). The second-order valence-corrected chi connectivity index (χ2v) is 3.69. The van der Waals surface area contributed by atoms with Gasteiger partial charge in [0.1, 0.15) is 6.10 Å². The number of aryl methyl sites for hydroxylation is 1. The zero-order valence-corrected chi connectivity index (χ0v) is 9.49. The molecule has 0 radical (unpaired) electrons. The molecule has 1 aliphatic rings. The number of carbonyl (C=O) groups is 1. The van der Waals surface area contributed by atoms with E-state index in [0.29, 0.717) is 18.2 Å². The highest BCUT2D eigenvalue weighted by molar-refractivity contribution is 5.87. The molecular formula is C11H15NO4. The van der Waals surface area contributed by atoms with E-state index in [2.05, 4.69) is 4.98 Å². The molecule has 1 unspecified atom stereocenters. The van der Waals surface area contributed by atoms with Gasteiger partial charge in [0.2, 0.25) is 11.7 Å². The molecule has 1 atom stereocenters. The van der Waals surface area contributed by atoms with Crippen molar-refractivity contribution in [2.75, 3.05) is 13.2 Å². The number of ether oxygens (including phenoxy) is 2. The van der Waals surface area contributed by atoms with Gasteiger partial charge in [-0.05, 0) is 26.7 Å². The first-order valence-corrected chi connectivity index (χ1v) is 5.48. The summed E-state index contributed by atoms with van der Waals surface area (Å²) in [6, 6.07) is 0. The van der Waals surface area contributed by atoms with Crippen LogP contribution in [0.15, 0.2) is 4.42 Å². The van der Waals surface area contributed by atoms with Gasteiger partial charge < -0.3 is 13.9 Å². The SMILES string of the molecule is CCOC(=O)c1oc(C2CCCO2)nc1C. The standard InChI is InChI=1S/C11H15NO4/c1-3-14-11(13)9-7(2)12-10(16-9)8-5-4-6-15-8/h8H,3-6H2,1-2H3. The Morgan fingerprint density at radius 1 is 1.62 bits per heavy atom. The van der Waals surface area contributed by atoms with Crippen molar-refractivity contribution >= 4 is 5.97 Å². The summed E-state index contributed by atoms with van der Waals surface area (Å²) in [5.41, 5.74) is 0.559. The van der Waals surface area contributed by atoms with E-state index in [-0.39, 0.29) is 11.9 Å². The average Bonchev–Trinajstić information content (AvgIpc) is 2.86. The van der Waals surface area contributed by atoms with Crippen molar-refractivity contribution in [2.45, 2.75) is 32.8 Å². The molecule has 1 aromatic heterocycles. The fourth-order valence-electron chi connectivity index (χ4n) is 1.71. The lowest BCUT2D eigenvalue weighted by molar-refractivity contribution is 0.0470. The van der Waals surface area contributed by atoms with Crippen LogP contribution in [0.1, 0.15) is 48.0 Å². The maximum Gasteiger partial charge on any atom is 0.376 e. The lowest BCUT2D eigenvalue weighted by Gasteiger charge is -2.02. The number of hydrogen-bond acceptors (Lipinski definition) is 5. The van der Waals surface area contributed by atoms with Gasteiger partial charge in [-0.1, -0.05) is 0 Å². The van der Waals surface area contributed by atoms with Crippen molar-refractivity contribution in [1.29, 1.82) is 0 Å². The Hall–Kier alpha value is -1.36. The van der Waals surface area contributed by atoms with Gasteiger partial charge in [-0.2, -0.15) is 0 Å². The first-order valence-electron chi connectivity index (χ1n) is 5.48. The number of carbonyl (C=O) groups excluding carboxylic acids is 1. The van der Waals surface area contributed by atoms with Crippen LogP contribution in [0.25, 0.3) is 0 Å². The summed E-state index contributed by atoms with van der Waals surface area (Å²) in [6.07, 6.45) is 1.78. The molecule has 0 N–H and O–H groups in total. The minimum absolute atomic E-state index is 0.109. The zero-order chi connectivity index (χ0) is 11.5. The Kier molecular flexibility index (Phi) is 3.24. The second-order valence-electron chi connectivity index (χ2n) is 3.69. The third kappa shape index (κ3) is 2.09. The van der Waals surface area contributed by atoms with Crippen LogP contribution >= 0.6 is 0 Å². The molecule has 1 aromatic rings. The van der Waals surface area contributed by atoms with Gasteiger partial charge in [-0.15, -0.1) is 0 Å². The monoisotopic (exact) mass is 225 g/mol. The lowest BCUT2D eigenvalue weighted by Crippen LogP contribution is -2.04. The predicted octanol–water partition coefficient (Wildman–Crippen LogP) is 2.01. The summed E-state index contributed by atoms with van der Waals surface area (Å²) in [5.74, 6) is 0.210. The molecule has 2 heterocycles. The number of hydrogen-bond donors (Lipinski definition) is 0. The molecule has 0 bridgehead atoms. The van der Waals surface area contributed by atoms with E-state index in [0.717, 1.165) is 19.4 Å². The van der Waals surface area contributed by atoms with Crippen molar-refractivity contribution in [3.63, 3.8) is 0 Å². The van der Waals surface area contributed by atoms with Crippen LogP contribution < -0.4 is 0 Å². The molecule has 16 heavy (non-hydrogen) atoms. The van der Waals surface area contributed by atoms with E-state index < -0.39 is 5.97 Å². The van der Waals surface area contributed by atoms with E-state index in [9.17, 15) is 4.79 Å². The predicted molar refractivity (Wildman–Crippen MR) is 55.1 cm³/mol. The number of nitrogens with zero attached hydrogens (tertiary/aromatic N) is 1. The van der Waals surface area contributed by atoms with Gasteiger partial charge in [-0.25, -0.2) is 9.78 Å². The van der Waals surface area contributed by atoms with Crippen molar-refractivity contribution in [3.05, 3.63) is 17.3 Å². The molecule has 0 amide bonds. The Labute approximate surface area is 93.7 Å². The molecule has 0 saturated carbocycles. The molecule has 1 fully saturated rings. The third-order valence-electron chi connectivity index (χ3n) is 2.48. The van der Waals surface area contributed by atoms with E-state index >= 15 is 0 Å². The summed E-state index contributed by atoms with van der Waals surface area (Å²) < 4.78 is 15.7. The fraction of sp³-hybridized carbons (Fsp3) is 0.636. The van der Waals surface area contributed by atoms with Crippen molar-refractivity contribution in [2.24, 2.45) is 0 Å². The minimum atomic E-state index is -0.461. The number of oxazole rings is 1. The van der Waals surface area contributed by atoms with Crippen molar-refractivity contribution in [3.8, 4) is 0 Å². The van der Waals surface area contributed by atoms with Crippen LogP contribution in [-0.2, 0) is 9.47 Å². The van der Waals surface area contributed by atoms with Gasteiger partial charge in [0.15, 0.2) is 0 Å². The van der Waals surface area contributed by atoms with Crippen LogP contribution in [0.4, 0.5) is 0 Å². The number of rotatable bonds is 3. The van der Waals surface area contributed by atoms with Crippen LogP contribution in [-0.4, -0.2) is 24.2 Å². The lowest BCUT2D eigenvalue weighted by atomic mass is 10.2. The maximum absolute atomic E-state index is 11.5. The van der Waals surface area contributed by atoms with Gasteiger partial charge in [0.05, 0.1) is 12.3 Å². The van der Waals surface area contributed by atoms with Crippen molar-refractivity contribution < 1.29 is 18.7 Å². The van der Waals surface area contributed by atoms with Crippen LogP contribution in [0.3, 0.4) is 0 Å². The van der Waals surface area contributed by atoms with E-state index in [1.54, 1.807) is 13.8 Å².